The van der Waals surface area contributed by atoms with E-state index in [1.807, 2.05) is 67.6 Å². The van der Waals surface area contributed by atoms with Crippen molar-refractivity contribution in [2.45, 2.75) is 13.0 Å². The van der Waals surface area contributed by atoms with Crippen LogP contribution in [0.5, 0.6) is 0 Å². The van der Waals surface area contributed by atoms with Crippen LogP contribution in [0.3, 0.4) is 0 Å². The first-order valence-electron chi connectivity index (χ1n) is 6.22. The third-order valence-electron chi connectivity index (χ3n) is 2.81. The van der Waals surface area contributed by atoms with Crippen LogP contribution in [0.25, 0.3) is 0 Å². The zero-order valence-electron chi connectivity index (χ0n) is 10.9. The van der Waals surface area contributed by atoms with Gasteiger partial charge in [0.1, 0.15) is 12.7 Å². The van der Waals surface area contributed by atoms with E-state index < -0.39 is 6.10 Å². The van der Waals surface area contributed by atoms with Gasteiger partial charge >= 0.3 is 0 Å². The molecule has 2 aromatic carbocycles. The minimum atomic E-state index is -0.659. The molecule has 0 aliphatic carbocycles. The van der Waals surface area contributed by atoms with Crippen LogP contribution in [-0.4, -0.2) is 17.4 Å². The molecule has 98 valence electrons. The van der Waals surface area contributed by atoms with Crippen molar-refractivity contribution in [2.75, 3.05) is 6.61 Å². The number of oxime groups is 1. The van der Waals surface area contributed by atoms with Crippen molar-refractivity contribution >= 4 is 5.71 Å². The van der Waals surface area contributed by atoms with Gasteiger partial charge in [-0.05, 0) is 18.1 Å². The molecule has 1 unspecified atom stereocenters. The predicted molar refractivity (Wildman–Crippen MR) is 76.0 cm³/mol. The number of benzene rings is 2. The van der Waals surface area contributed by atoms with Gasteiger partial charge in [-0.3, -0.25) is 0 Å². The van der Waals surface area contributed by atoms with E-state index in [1.165, 1.54) is 0 Å². The third-order valence-corrected chi connectivity index (χ3v) is 2.81. The van der Waals surface area contributed by atoms with Crippen molar-refractivity contribution in [3.8, 4) is 0 Å². The molecular weight excluding hydrogens is 238 g/mol. The molecule has 3 nitrogen and oxygen atoms in total. The summed E-state index contributed by atoms with van der Waals surface area (Å²) in [7, 11) is 0. The first-order valence-corrected chi connectivity index (χ1v) is 6.22. The largest absolute Gasteiger partial charge is 0.392 e. The van der Waals surface area contributed by atoms with E-state index in [9.17, 15) is 5.11 Å². The Bertz CT molecular complexity index is 523. The van der Waals surface area contributed by atoms with Gasteiger partial charge in [0.25, 0.3) is 0 Å². The highest BCUT2D eigenvalue weighted by Gasteiger charge is 2.07. The van der Waals surface area contributed by atoms with Crippen molar-refractivity contribution in [1.29, 1.82) is 0 Å². The second-order valence-corrected chi connectivity index (χ2v) is 4.26. The maximum atomic E-state index is 9.91. The fraction of sp³-hybridized carbons (Fsp3) is 0.188. The average Bonchev–Trinajstić information content (AvgIpc) is 2.49. The predicted octanol–water partition coefficient (Wildman–Crippen LogP) is 3.16. The fourth-order valence-electron chi connectivity index (χ4n) is 1.71. The van der Waals surface area contributed by atoms with Crippen LogP contribution >= 0.6 is 0 Å². The van der Waals surface area contributed by atoms with Crippen LogP contribution in [0.4, 0.5) is 0 Å². The molecule has 0 fully saturated rings. The van der Waals surface area contributed by atoms with Gasteiger partial charge in [0, 0.05) is 0 Å². The lowest BCUT2D eigenvalue weighted by molar-refractivity contribution is 0.0394. The van der Waals surface area contributed by atoms with Crippen LogP contribution in [0.15, 0.2) is 65.8 Å². The van der Waals surface area contributed by atoms with Crippen LogP contribution < -0.4 is 0 Å². The summed E-state index contributed by atoms with van der Waals surface area (Å²) in [5, 5.41) is 13.9. The van der Waals surface area contributed by atoms with Crippen molar-refractivity contribution < 1.29 is 9.94 Å². The van der Waals surface area contributed by atoms with Crippen molar-refractivity contribution in [2.24, 2.45) is 5.16 Å². The van der Waals surface area contributed by atoms with Crippen molar-refractivity contribution in [3.63, 3.8) is 0 Å². The Morgan fingerprint density at radius 3 is 2.26 bits per heavy atom. The Hall–Kier alpha value is -2.13. The fourth-order valence-corrected chi connectivity index (χ4v) is 1.71. The summed E-state index contributed by atoms with van der Waals surface area (Å²) < 4.78 is 0. The molecule has 0 radical (unpaired) electrons. The van der Waals surface area contributed by atoms with Crippen LogP contribution in [0.2, 0.25) is 0 Å². The van der Waals surface area contributed by atoms with Crippen molar-refractivity contribution in [1.82, 2.24) is 0 Å². The van der Waals surface area contributed by atoms with Crippen LogP contribution in [0.1, 0.15) is 24.2 Å². The SMILES string of the molecule is C/C(=N\OCC(O)c1ccccc1)c1ccccc1. The number of nitrogens with zero attached hydrogens (tertiary/aromatic N) is 1. The van der Waals surface area contributed by atoms with E-state index in [4.69, 9.17) is 4.84 Å². The minimum Gasteiger partial charge on any atom is -0.392 e. The number of hydrogen-bond acceptors (Lipinski definition) is 3. The summed E-state index contributed by atoms with van der Waals surface area (Å²) in [4.78, 5) is 5.20. The molecule has 19 heavy (non-hydrogen) atoms. The van der Waals surface area contributed by atoms with Crippen LogP contribution in [-0.2, 0) is 4.84 Å². The molecule has 0 saturated carbocycles. The maximum Gasteiger partial charge on any atom is 0.147 e. The van der Waals surface area contributed by atoms with Gasteiger partial charge in [-0.2, -0.15) is 0 Å². The molecule has 1 atom stereocenters. The summed E-state index contributed by atoms with van der Waals surface area (Å²) in [6.07, 6.45) is -0.659. The number of aliphatic hydroxyl groups is 1. The maximum absolute atomic E-state index is 9.91. The van der Waals surface area contributed by atoms with E-state index in [-0.39, 0.29) is 6.61 Å². The Kier molecular flexibility index (Phi) is 4.70. The lowest BCUT2D eigenvalue weighted by Crippen LogP contribution is -2.06. The van der Waals surface area contributed by atoms with E-state index in [1.54, 1.807) is 0 Å². The highest BCUT2D eigenvalue weighted by Crippen LogP contribution is 2.12. The average molecular weight is 255 g/mol. The quantitative estimate of drug-likeness (QED) is 0.658. The lowest BCUT2D eigenvalue weighted by Gasteiger charge is -2.09. The normalized spacial score (nSPS) is 13.1. The Balaban J connectivity index is 1.90. The highest BCUT2D eigenvalue weighted by molar-refractivity contribution is 5.98. The highest BCUT2D eigenvalue weighted by atomic mass is 16.6. The molecule has 0 amide bonds. The summed E-state index contributed by atoms with van der Waals surface area (Å²) in [5.74, 6) is 0. The molecule has 3 heteroatoms. The van der Waals surface area contributed by atoms with Gasteiger partial charge in [0.05, 0.1) is 5.71 Å². The number of rotatable bonds is 5. The van der Waals surface area contributed by atoms with Crippen LogP contribution in [0, 0.1) is 0 Å². The smallest absolute Gasteiger partial charge is 0.147 e. The molecule has 1 N–H and O–H groups in total. The Morgan fingerprint density at radius 2 is 1.63 bits per heavy atom. The lowest BCUT2D eigenvalue weighted by atomic mass is 10.1. The van der Waals surface area contributed by atoms with E-state index >= 15 is 0 Å². The van der Waals surface area contributed by atoms with Gasteiger partial charge in [-0.15, -0.1) is 0 Å². The molecule has 0 bridgehead atoms. The Labute approximate surface area is 113 Å². The second kappa shape index (κ2) is 6.71. The molecule has 0 aliphatic heterocycles. The Morgan fingerprint density at radius 1 is 1.05 bits per heavy atom. The standard InChI is InChI=1S/C16H17NO2/c1-13(14-8-4-2-5-9-14)17-19-12-16(18)15-10-6-3-7-11-15/h2-11,16,18H,12H2,1H3/b17-13+. The molecule has 2 rings (SSSR count). The zero-order chi connectivity index (χ0) is 13.5. The number of aliphatic hydroxyl groups excluding tert-OH is 1. The topological polar surface area (TPSA) is 41.8 Å². The first kappa shape index (κ1) is 13.3. The molecule has 0 aromatic heterocycles. The van der Waals surface area contributed by atoms with Gasteiger partial charge in [0.15, 0.2) is 0 Å². The zero-order valence-corrected chi connectivity index (χ0v) is 10.9. The molecule has 0 aliphatic rings. The molecule has 0 saturated heterocycles. The van der Waals surface area contributed by atoms with Crippen molar-refractivity contribution in [3.05, 3.63) is 71.8 Å². The summed E-state index contributed by atoms with van der Waals surface area (Å²) >= 11 is 0. The minimum absolute atomic E-state index is 0.147. The second-order valence-electron chi connectivity index (χ2n) is 4.26. The van der Waals surface area contributed by atoms with E-state index in [0.29, 0.717) is 0 Å². The molecule has 0 heterocycles. The first-order chi connectivity index (χ1) is 9.27. The molecule has 0 spiro atoms. The van der Waals surface area contributed by atoms with Gasteiger partial charge in [-0.25, -0.2) is 0 Å². The molecule has 2 aromatic rings. The number of hydrogen-bond donors (Lipinski definition) is 1. The van der Waals surface area contributed by atoms with E-state index in [2.05, 4.69) is 5.16 Å². The van der Waals surface area contributed by atoms with Gasteiger partial charge in [-0.1, -0.05) is 65.8 Å². The van der Waals surface area contributed by atoms with Gasteiger partial charge < -0.3 is 9.94 Å². The monoisotopic (exact) mass is 255 g/mol. The summed E-state index contributed by atoms with van der Waals surface area (Å²) in [6.45, 7) is 2.03. The summed E-state index contributed by atoms with van der Waals surface area (Å²) in [5.41, 5.74) is 2.63. The van der Waals surface area contributed by atoms with Gasteiger partial charge in [0.2, 0.25) is 0 Å². The third kappa shape index (κ3) is 3.93. The summed E-state index contributed by atoms with van der Waals surface area (Å²) in [6, 6.07) is 19.2. The molecular formula is C16H17NO2. The van der Waals surface area contributed by atoms with E-state index in [0.717, 1.165) is 16.8 Å².